The number of nitrogens with one attached hydrogen (secondary N) is 1. The van der Waals surface area contributed by atoms with Gasteiger partial charge in [-0.1, -0.05) is 13.8 Å². The molecule has 4 nitrogen and oxygen atoms in total. The first kappa shape index (κ1) is 18.3. The number of halogens is 2. The summed E-state index contributed by atoms with van der Waals surface area (Å²) in [5.41, 5.74) is 5.01. The van der Waals surface area contributed by atoms with Crippen LogP contribution in [0.1, 0.15) is 26.7 Å². The highest BCUT2D eigenvalue weighted by atomic mass is 35.5. The molecule has 0 unspecified atom stereocenters. The Morgan fingerprint density at radius 1 is 1.21 bits per heavy atom. The third-order valence-corrected chi connectivity index (χ3v) is 4.81. The summed E-state index contributed by atoms with van der Waals surface area (Å²) >= 11 is 0. The molecule has 0 heterocycles. The van der Waals surface area contributed by atoms with Crippen LogP contribution in [0.3, 0.4) is 0 Å². The third-order valence-electron chi connectivity index (χ3n) is 3.22. The fourth-order valence-corrected chi connectivity index (χ4v) is 3.24. The maximum Gasteiger partial charge on any atom is 0.241 e. The highest BCUT2D eigenvalue weighted by Gasteiger charge is 2.30. The van der Waals surface area contributed by atoms with Gasteiger partial charge in [0.1, 0.15) is 5.82 Å². The molecule has 0 atom stereocenters. The van der Waals surface area contributed by atoms with E-state index >= 15 is 0 Å². The van der Waals surface area contributed by atoms with Gasteiger partial charge in [0.05, 0.1) is 4.90 Å². The molecule has 110 valence electrons. The van der Waals surface area contributed by atoms with Gasteiger partial charge < -0.3 is 5.73 Å². The minimum absolute atomic E-state index is 0. The summed E-state index contributed by atoms with van der Waals surface area (Å²) in [7, 11) is -3.67. The Balaban J connectivity index is 0.00000324. The Labute approximate surface area is 120 Å². The zero-order valence-corrected chi connectivity index (χ0v) is 12.7. The van der Waals surface area contributed by atoms with Crippen molar-refractivity contribution in [2.45, 2.75) is 37.1 Å². The molecule has 0 bridgehead atoms. The van der Waals surface area contributed by atoms with Gasteiger partial charge in [-0.05, 0) is 37.1 Å². The smallest absolute Gasteiger partial charge is 0.241 e. The number of nitrogens with two attached hydrogens (primary N) is 1. The van der Waals surface area contributed by atoms with E-state index in [1.54, 1.807) is 0 Å². The Morgan fingerprint density at radius 3 is 2.05 bits per heavy atom. The fourth-order valence-electron chi connectivity index (χ4n) is 1.68. The molecule has 0 spiro atoms. The lowest BCUT2D eigenvalue weighted by atomic mass is 9.95. The summed E-state index contributed by atoms with van der Waals surface area (Å²) in [6.45, 7) is 3.98. The summed E-state index contributed by atoms with van der Waals surface area (Å²) < 4.78 is 39.7. The van der Waals surface area contributed by atoms with E-state index in [0.717, 1.165) is 12.1 Å². The average Bonchev–Trinajstić information content (AvgIpc) is 2.37. The normalized spacial score (nSPS) is 12.0. The van der Waals surface area contributed by atoms with Gasteiger partial charge in [0.15, 0.2) is 0 Å². The third kappa shape index (κ3) is 4.42. The number of hydrogen-bond donors (Lipinski definition) is 2. The van der Waals surface area contributed by atoms with E-state index in [9.17, 15) is 12.8 Å². The highest BCUT2D eigenvalue weighted by molar-refractivity contribution is 7.89. The topological polar surface area (TPSA) is 72.2 Å². The SMILES string of the molecule is CCC(CC)(CN)NS(=O)(=O)c1ccc(F)cc1.Cl. The van der Waals surface area contributed by atoms with E-state index < -0.39 is 21.4 Å². The maximum absolute atomic E-state index is 12.8. The van der Waals surface area contributed by atoms with Crippen LogP contribution in [0.5, 0.6) is 0 Å². The second-order valence-electron chi connectivity index (χ2n) is 4.25. The van der Waals surface area contributed by atoms with E-state index in [1.165, 1.54) is 12.1 Å². The van der Waals surface area contributed by atoms with Gasteiger partial charge in [0, 0.05) is 12.1 Å². The molecule has 0 aliphatic rings. The number of sulfonamides is 1. The van der Waals surface area contributed by atoms with Crippen LogP contribution < -0.4 is 10.5 Å². The number of rotatable bonds is 6. The summed E-state index contributed by atoms with van der Waals surface area (Å²) in [6, 6.07) is 4.72. The van der Waals surface area contributed by atoms with Gasteiger partial charge in [-0.2, -0.15) is 0 Å². The second kappa shape index (κ2) is 7.19. The van der Waals surface area contributed by atoms with E-state index in [1.807, 2.05) is 13.8 Å². The molecule has 0 fully saturated rings. The molecule has 0 saturated heterocycles. The predicted molar refractivity (Wildman–Crippen MR) is 76.3 cm³/mol. The Bertz CT molecular complexity index is 479. The lowest BCUT2D eigenvalue weighted by Gasteiger charge is -2.30. The first-order valence-electron chi connectivity index (χ1n) is 5.89. The first-order valence-corrected chi connectivity index (χ1v) is 7.37. The number of hydrogen-bond acceptors (Lipinski definition) is 3. The molecule has 0 amide bonds. The molecule has 0 aliphatic heterocycles. The summed E-state index contributed by atoms with van der Waals surface area (Å²) in [5, 5.41) is 0. The van der Waals surface area contributed by atoms with Gasteiger partial charge in [0.2, 0.25) is 10.0 Å². The second-order valence-corrected chi connectivity index (χ2v) is 5.93. The molecular weight excluding hydrogens is 291 g/mol. The van der Waals surface area contributed by atoms with Gasteiger partial charge in [-0.15, -0.1) is 12.4 Å². The maximum atomic E-state index is 12.8. The van der Waals surface area contributed by atoms with E-state index in [2.05, 4.69) is 4.72 Å². The first-order chi connectivity index (χ1) is 8.39. The van der Waals surface area contributed by atoms with Crippen LogP contribution in [0.2, 0.25) is 0 Å². The van der Waals surface area contributed by atoms with Crippen LogP contribution in [0.4, 0.5) is 4.39 Å². The summed E-state index contributed by atoms with van der Waals surface area (Å²) in [6.07, 6.45) is 1.20. The van der Waals surface area contributed by atoms with Crippen molar-refractivity contribution < 1.29 is 12.8 Å². The zero-order chi connectivity index (χ0) is 13.8. The molecular formula is C12H20ClFN2O2S. The molecule has 19 heavy (non-hydrogen) atoms. The van der Waals surface area contributed by atoms with Crippen molar-refractivity contribution in [3.8, 4) is 0 Å². The largest absolute Gasteiger partial charge is 0.329 e. The molecule has 0 aliphatic carbocycles. The Hall–Kier alpha value is -0.690. The lowest BCUT2D eigenvalue weighted by Crippen LogP contribution is -2.52. The van der Waals surface area contributed by atoms with E-state index in [0.29, 0.717) is 12.8 Å². The van der Waals surface area contributed by atoms with Crippen molar-refractivity contribution >= 4 is 22.4 Å². The van der Waals surface area contributed by atoms with Gasteiger partial charge in [0.25, 0.3) is 0 Å². The average molecular weight is 311 g/mol. The molecule has 7 heteroatoms. The molecule has 1 rings (SSSR count). The van der Waals surface area contributed by atoms with Crippen molar-refractivity contribution in [1.29, 1.82) is 0 Å². The van der Waals surface area contributed by atoms with E-state index in [4.69, 9.17) is 5.73 Å². The molecule has 1 aromatic carbocycles. The monoisotopic (exact) mass is 310 g/mol. The zero-order valence-electron chi connectivity index (χ0n) is 11.0. The van der Waals surface area contributed by atoms with Crippen molar-refractivity contribution in [3.05, 3.63) is 30.1 Å². The highest BCUT2D eigenvalue weighted by Crippen LogP contribution is 2.18. The molecule has 0 radical (unpaired) electrons. The van der Waals surface area contributed by atoms with Crippen molar-refractivity contribution in [2.24, 2.45) is 5.73 Å². The van der Waals surface area contributed by atoms with Crippen LogP contribution in [-0.4, -0.2) is 20.5 Å². The Morgan fingerprint density at radius 2 is 1.68 bits per heavy atom. The quantitative estimate of drug-likeness (QED) is 0.844. The molecule has 0 aromatic heterocycles. The van der Waals surface area contributed by atoms with Crippen molar-refractivity contribution in [1.82, 2.24) is 4.72 Å². The van der Waals surface area contributed by atoms with Gasteiger partial charge >= 0.3 is 0 Å². The predicted octanol–water partition coefficient (Wildman–Crippen LogP) is 2.04. The molecule has 3 N–H and O–H groups in total. The van der Waals surface area contributed by atoms with Crippen LogP contribution in [0.25, 0.3) is 0 Å². The molecule has 0 saturated carbocycles. The van der Waals surface area contributed by atoms with Crippen molar-refractivity contribution in [2.75, 3.05) is 6.54 Å². The van der Waals surface area contributed by atoms with Crippen molar-refractivity contribution in [3.63, 3.8) is 0 Å². The number of benzene rings is 1. The van der Waals surface area contributed by atoms with Crippen LogP contribution in [-0.2, 0) is 10.0 Å². The standard InChI is InChI=1S/C12H19FN2O2S.ClH/c1-3-12(4-2,9-14)15-18(16,17)11-7-5-10(13)6-8-11;/h5-8,15H,3-4,9,14H2,1-2H3;1H. The van der Waals surface area contributed by atoms with Crippen LogP contribution >= 0.6 is 12.4 Å². The van der Waals surface area contributed by atoms with Crippen LogP contribution in [0, 0.1) is 5.82 Å². The molecule has 1 aromatic rings. The van der Waals surface area contributed by atoms with E-state index in [-0.39, 0.29) is 23.8 Å². The lowest BCUT2D eigenvalue weighted by molar-refractivity contribution is 0.363. The summed E-state index contributed by atoms with van der Waals surface area (Å²) in [5.74, 6) is -0.468. The Kier molecular flexibility index (Phi) is 6.93. The fraction of sp³-hybridized carbons (Fsp3) is 0.500. The summed E-state index contributed by atoms with van der Waals surface area (Å²) in [4.78, 5) is 0.0450. The minimum Gasteiger partial charge on any atom is -0.329 e. The van der Waals surface area contributed by atoms with Gasteiger partial charge in [-0.25, -0.2) is 17.5 Å². The van der Waals surface area contributed by atoms with Gasteiger partial charge in [-0.3, -0.25) is 0 Å². The minimum atomic E-state index is -3.67. The van der Waals surface area contributed by atoms with Crippen LogP contribution in [0.15, 0.2) is 29.2 Å².